The van der Waals surface area contributed by atoms with E-state index < -0.39 is 5.97 Å². The molecule has 0 aliphatic heterocycles. The van der Waals surface area contributed by atoms with E-state index in [2.05, 4.69) is 4.98 Å². The molecule has 0 radical (unpaired) electrons. The molecule has 6 nitrogen and oxygen atoms in total. The average Bonchev–Trinajstić information content (AvgIpc) is 3.27. The molecule has 3 heterocycles. The van der Waals surface area contributed by atoms with Crippen molar-refractivity contribution in [2.75, 3.05) is 5.73 Å². The SMILES string of the molecule is Cc1c(N)cccc1COc1cc(-c2cnc3ccccn23)sc1C(=O)O. The lowest BCUT2D eigenvalue weighted by Crippen LogP contribution is -2.02. The van der Waals surface area contributed by atoms with Crippen molar-refractivity contribution in [3.8, 4) is 16.3 Å². The summed E-state index contributed by atoms with van der Waals surface area (Å²) in [6, 6.07) is 13.1. The maximum absolute atomic E-state index is 11.7. The van der Waals surface area contributed by atoms with Gasteiger partial charge in [-0.2, -0.15) is 0 Å². The molecule has 4 rings (SSSR count). The number of benzene rings is 1. The van der Waals surface area contributed by atoms with Crippen molar-refractivity contribution in [1.29, 1.82) is 0 Å². The van der Waals surface area contributed by atoms with Crippen molar-refractivity contribution in [2.45, 2.75) is 13.5 Å². The number of aromatic nitrogens is 2. The maximum Gasteiger partial charge on any atom is 0.349 e. The number of carboxylic acids is 1. The van der Waals surface area contributed by atoms with Crippen LogP contribution in [0.5, 0.6) is 5.75 Å². The predicted molar refractivity (Wildman–Crippen MR) is 105 cm³/mol. The summed E-state index contributed by atoms with van der Waals surface area (Å²) in [5.74, 6) is -0.672. The number of hydrogen-bond donors (Lipinski definition) is 2. The van der Waals surface area contributed by atoms with Gasteiger partial charge in [0.05, 0.1) is 16.8 Å². The number of pyridine rings is 1. The van der Waals surface area contributed by atoms with Crippen LogP contribution in [-0.4, -0.2) is 20.5 Å². The molecule has 0 bridgehead atoms. The first-order valence-corrected chi connectivity index (χ1v) is 9.12. The molecule has 0 saturated carbocycles. The minimum atomic E-state index is -1.01. The fourth-order valence-corrected chi connectivity index (χ4v) is 3.83. The average molecular weight is 379 g/mol. The third kappa shape index (κ3) is 3.13. The number of nitrogens with two attached hydrogens (primary N) is 1. The molecule has 27 heavy (non-hydrogen) atoms. The highest BCUT2D eigenvalue weighted by atomic mass is 32.1. The number of aromatic carboxylic acids is 1. The Balaban J connectivity index is 1.69. The predicted octanol–water partition coefficient (Wildman–Crippen LogP) is 4.23. The van der Waals surface area contributed by atoms with Crippen molar-refractivity contribution in [3.05, 3.63) is 70.9 Å². The fourth-order valence-electron chi connectivity index (χ4n) is 2.89. The number of rotatable bonds is 5. The topological polar surface area (TPSA) is 89.9 Å². The minimum Gasteiger partial charge on any atom is -0.487 e. The number of imidazole rings is 1. The van der Waals surface area contributed by atoms with Gasteiger partial charge in [-0.05, 0) is 36.2 Å². The lowest BCUT2D eigenvalue weighted by atomic mass is 10.1. The standard InChI is InChI=1S/C20H17N3O3S/c1-12-13(5-4-6-14(12)21)11-26-16-9-17(27-19(16)20(24)25)15-10-22-18-7-2-3-8-23(15)18/h2-10H,11,21H2,1H3,(H,24,25). The molecular weight excluding hydrogens is 362 g/mol. The van der Waals surface area contributed by atoms with E-state index in [9.17, 15) is 9.90 Å². The second-order valence-corrected chi connectivity index (χ2v) is 7.15. The van der Waals surface area contributed by atoms with Gasteiger partial charge >= 0.3 is 5.97 Å². The zero-order valence-corrected chi connectivity index (χ0v) is 15.4. The highest BCUT2D eigenvalue weighted by molar-refractivity contribution is 7.17. The van der Waals surface area contributed by atoms with Crippen LogP contribution in [0.3, 0.4) is 0 Å². The second kappa shape index (κ2) is 6.77. The van der Waals surface area contributed by atoms with Crippen LogP contribution in [0.15, 0.2) is 54.9 Å². The third-order valence-electron chi connectivity index (χ3n) is 4.43. The first kappa shape index (κ1) is 17.1. The number of nitrogens with zero attached hydrogens (tertiary/aromatic N) is 2. The van der Waals surface area contributed by atoms with Gasteiger partial charge in [0.2, 0.25) is 0 Å². The molecule has 1 aromatic carbocycles. The summed E-state index contributed by atoms with van der Waals surface area (Å²) in [6.07, 6.45) is 3.63. The highest BCUT2D eigenvalue weighted by Gasteiger charge is 2.20. The highest BCUT2D eigenvalue weighted by Crippen LogP contribution is 2.37. The summed E-state index contributed by atoms with van der Waals surface area (Å²) in [6.45, 7) is 2.17. The Morgan fingerprint density at radius 2 is 2.15 bits per heavy atom. The second-order valence-electron chi connectivity index (χ2n) is 6.10. The molecule has 0 saturated heterocycles. The Hall–Kier alpha value is -3.32. The molecule has 7 heteroatoms. The van der Waals surface area contributed by atoms with Crippen LogP contribution in [0.1, 0.15) is 20.8 Å². The number of hydrogen-bond acceptors (Lipinski definition) is 5. The molecule has 3 N–H and O–H groups in total. The Morgan fingerprint density at radius 1 is 1.30 bits per heavy atom. The Kier molecular flexibility index (Phi) is 4.29. The number of carbonyl (C=O) groups is 1. The Bertz CT molecular complexity index is 1150. The molecule has 0 atom stereocenters. The fraction of sp³-hybridized carbons (Fsp3) is 0.100. The minimum absolute atomic E-state index is 0.164. The number of ether oxygens (including phenoxy) is 1. The van der Waals surface area contributed by atoms with Gasteiger partial charge in [-0.15, -0.1) is 11.3 Å². The van der Waals surface area contributed by atoms with Gasteiger partial charge < -0.3 is 15.6 Å². The molecule has 0 aliphatic carbocycles. The monoisotopic (exact) mass is 379 g/mol. The number of carboxylic acid groups (broad SMARTS) is 1. The van der Waals surface area contributed by atoms with Gasteiger partial charge in [-0.25, -0.2) is 9.78 Å². The molecule has 3 aromatic heterocycles. The maximum atomic E-state index is 11.7. The van der Waals surface area contributed by atoms with E-state index >= 15 is 0 Å². The van der Waals surface area contributed by atoms with E-state index in [0.717, 1.165) is 27.3 Å². The lowest BCUT2D eigenvalue weighted by molar-refractivity contribution is 0.0697. The number of thiophene rings is 1. The molecule has 0 spiro atoms. The van der Waals surface area contributed by atoms with E-state index in [1.165, 1.54) is 11.3 Å². The van der Waals surface area contributed by atoms with Crippen molar-refractivity contribution in [2.24, 2.45) is 0 Å². The zero-order valence-electron chi connectivity index (χ0n) is 14.5. The summed E-state index contributed by atoms with van der Waals surface area (Å²) >= 11 is 1.17. The molecule has 0 unspecified atom stereocenters. The van der Waals surface area contributed by atoms with Crippen LogP contribution in [0.25, 0.3) is 16.2 Å². The lowest BCUT2D eigenvalue weighted by Gasteiger charge is -2.09. The third-order valence-corrected chi connectivity index (χ3v) is 5.56. The first-order chi connectivity index (χ1) is 13.0. The van der Waals surface area contributed by atoms with Gasteiger partial charge in [0, 0.05) is 18.0 Å². The summed E-state index contributed by atoms with van der Waals surface area (Å²) in [5.41, 5.74) is 10.1. The van der Waals surface area contributed by atoms with Crippen molar-refractivity contribution < 1.29 is 14.6 Å². The van der Waals surface area contributed by atoms with Crippen LogP contribution >= 0.6 is 11.3 Å². The van der Waals surface area contributed by atoms with Crippen molar-refractivity contribution >= 4 is 28.6 Å². The van der Waals surface area contributed by atoms with E-state index in [-0.39, 0.29) is 11.5 Å². The largest absolute Gasteiger partial charge is 0.487 e. The summed E-state index contributed by atoms with van der Waals surface area (Å²) in [4.78, 5) is 17.0. The van der Waals surface area contributed by atoms with Gasteiger partial charge in [-0.1, -0.05) is 18.2 Å². The smallest absolute Gasteiger partial charge is 0.349 e. The van der Waals surface area contributed by atoms with Crippen LogP contribution in [0.4, 0.5) is 5.69 Å². The molecule has 0 amide bonds. The number of anilines is 1. The van der Waals surface area contributed by atoms with E-state index in [4.69, 9.17) is 10.5 Å². The van der Waals surface area contributed by atoms with Crippen LogP contribution in [0, 0.1) is 6.92 Å². The van der Waals surface area contributed by atoms with E-state index in [0.29, 0.717) is 11.4 Å². The Labute approximate surface area is 159 Å². The molecule has 0 fully saturated rings. The van der Waals surface area contributed by atoms with Gasteiger partial charge in [0.15, 0.2) is 4.88 Å². The molecular formula is C20H17N3O3S. The summed E-state index contributed by atoms with van der Waals surface area (Å²) < 4.78 is 7.78. The van der Waals surface area contributed by atoms with E-state index in [1.807, 2.05) is 53.9 Å². The van der Waals surface area contributed by atoms with Gasteiger partial charge in [0.25, 0.3) is 0 Å². The summed E-state index contributed by atoms with van der Waals surface area (Å²) in [5, 5.41) is 9.57. The Morgan fingerprint density at radius 3 is 2.96 bits per heavy atom. The van der Waals surface area contributed by atoms with Crippen LogP contribution < -0.4 is 10.5 Å². The van der Waals surface area contributed by atoms with Crippen molar-refractivity contribution in [3.63, 3.8) is 0 Å². The first-order valence-electron chi connectivity index (χ1n) is 8.31. The van der Waals surface area contributed by atoms with Crippen molar-refractivity contribution in [1.82, 2.24) is 9.38 Å². The molecule has 136 valence electrons. The van der Waals surface area contributed by atoms with E-state index in [1.54, 1.807) is 12.3 Å². The van der Waals surface area contributed by atoms with Gasteiger partial charge in [0.1, 0.15) is 18.0 Å². The van der Waals surface area contributed by atoms with Gasteiger partial charge in [-0.3, -0.25) is 4.40 Å². The van der Waals surface area contributed by atoms with Crippen LogP contribution in [-0.2, 0) is 6.61 Å². The molecule has 0 aliphatic rings. The number of fused-ring (bicyclic) bond motifs is 1. The van der Waals surface area contributed by atoms with Crippen LogP contribution in [0.2, 0.25) is 0 Å². The summed E-state index contributed by atoms with van der Waals surface area (Å²) in [7, 11) is 0. The quantitative estimate of drug-likeness (QED) is 0.507. The zero-order chi connectivity index (χ0) is 19.0. The normalized spacial score (nSPS) is 11.0. The number of nitrogen functional groups attached to an aromatic ring is 1. The molecule has 4 aromatic rings.